The molecule has 0 aliphatic carbocycles. The molecule has 2 rings (SSSR count). The van der Waals surface area contributed by atoms with Crippen LogP contribution < -0.4 is 20.3 Å². The minimum Gasteiger partial charge on any atom is -0.494 e. The molecule has 23 heavy (non-hydrogen) atoms. The zero-order valence-corrected chi connectivity index (χ0v) is 13.8. The van der Waals surface area contributed by atoms with E-state index in [0.29, 0.717) is 26.1 Å². The zero-order chi connectivity index (χ0) is 16.7. The van der Waals surface area contributed by atoms with Crippen molar-refractivity contribution in [1.29, 1.82) is 0 Å². The van der Waals surface area contributed by atoms with Crippen LogP contribution in [-0.2, 0) is 4.79 Å². The standard InChI is InChI=1S/C17H25N3O3/c1-3-5-10-18-17(22)19-13-11-16(21)20(12-13)14-6-8-15(9-7-14)23-4-2/h6-9,13H,3-5,10-12H2,1-2H3,(H2,18,19,22). The Kier molecular flexibility index (Phi) is 6.26. The van der Waals surface area contributed by atoms with Crippen molar-refractivity contribution in [2.24, 2.45) is 0 Å². The summed E-state index contributed by atoms with van der Waals surface area (Å²) in [5.41, 5.74) is 0.828. The third-order valence-corrected chi connectivity index (χ3v) is 3.74. The Hall–Kier alpha value is -2.24. The number of nitrogens with zero attached hydrogens (tertiary/aromatic N) is 1. The van der Waals surface area contributed by atoms with E-state index in [9.17, 15) is 9.59 Å². The SMILES string of the molecule is CCCCNC(=O)NC1CC(=O)N(c2ccc(OCC)cc2)C1. The summed E-state index contributed by atoms with van der Waals surface area (Å²) in [4.78, 5) is 25.6. The molecule has 1 aromatic rings. The molecule has 126 valence electrons. The highest BCUT2D eigenvalue weighted by atomic mass is 16.5. The first kappa shape index (κ1) is 17.1. The molecule has 6 nitrogen and oxygen atoms in total. The van der Waals surface area contributed by atoms with Gasteiger partial charge in [-0.1, -0.05) is 13.3 Å². The largest absolute Gasteiger partial charge is 0.494 e. The van der Waals surface area contributed by atoms with Crippen LogP contribution in [0.5, 0.6) is 5.75 Å². The van der Waals surface area contributed by atoms with E-state index in [-0.39, 0.29) is 18.0 Å². The topological polar surface area (TPSA) is 70.7 Å². The molecule has 6 heteroatoms. The Morgan fingerprint density at radius 1 is 1.30 bits per heavy atom. The maximum absolute atomic E-state index is 12.2. The number of hydrogen-bond acceptors (Lipinski definition) is 3. The van der Waals surface area contributed by atoms with Crippen LogP contribution in [0, 0.1) is 0 Å². The Morgan fingerprint density at radius 3 is 2.70 bits per heavy atom. The summed E-state index contributed by atoms with van der Waals surface area (Å²) in [5, 5.41) is 5.67. The van der Waals surface area contributed by atoms with Gasteiger partial charge in [-0.05, 0) is 37.6 Å². The van der Waals surface area contributed by atoms with Crippen molar-refractivity contribution in [1.82, 2.24) is 10.6 Å². The molecule has 0 aromatic heterocycles. The van der Waals surface area contributed by atoms with E-state index in [1.807, 2.05) is 31.2 Å². The van der Waals surface area contributed by atoms with Crippen LogP contribution in [-0.4, -0.2) is 37.7 Å². The van der Waals surface area contributed by atoms with Gasteiger partial charge in [-0.15, -0.1) is 0 Å². The van der Waals surface area contributed by atoms with Gasteiger partial charge in [0.2, 0.25) is 5.91 Å². The van der Waals surface area contributed by atoms with Gasteiger partial charge in [0.1, 0.15) is 5.75 Å². The van der Waals surface area contributed by atoms with Gasteiger partial charge in [0.15, 0.2) is 0 Å². The van der Waals surface area contributed by atoms with Crippen molar-refractivity contribution >= 4 is 17.6 Å². The summed E-state index contributed by atoms with van der Waals surface area (Å²) < 4.78 is 5.40. The molecule has 1 aliphatic heterocycles. The third-order valence-electron chi connectivity index (χ3n) is 3.74. The molecule has 0 spiro atoms. The minimum absolute atomic E-state index is 0.0213. The first-order valence-corrected chi connectivity index (χ1v) is 8.21. The van der Waals surface area contributed by atoms with Gasteiger partial charge in [0, 0.05) is 25.2 Å². The van der Waals surface area contributed by atoms with E-state index in [0.717, 1.165) is 24.3 Å². The molecule has 1 heterocycles. The Morgan fingerprint density at radius 2 is 2.04 bits per heavy atom. The number of unbranched alkanes of at least 4 members (excludes halogenated alkanes) is 1. The number of carbonyl (C=O) groups is 2. The van der Waals surface area contributed by atoms with Gasteiger partial charge in [0.25, 0.3) is 0 Å². The van der Waals surface area contributed by atoms with Crippen molar-refractivity contribution in [3.8, 4) is 5.75 Å². The molecule has 1 atom stereocenters. The summed E-state index contributed by atoms with van der Waals surface area (Å²) in [6, 6.07) is 7.08. The van der Waals surface area contributed by atoms with Crippen LogP contribution in [0.2, 0.25) is 0 Å². The summed E-state index contributed by atoms with van der Waals surface area (Å²) >= 11 is 0. The van der Waals surface area contributed by atoms with Gasteiger partial charge in [-0.2, -0.15) is 0 Å². The van der Waals surface area contributed by atoms with E-state index in [4.69, 9.17) is 4.74 Å². The van der Waals surface area contributed by atoms with Crippen molar-refractivity contribution in [2.75, 3.05) is 24.6 Å². The molecular weight excluding hydrogens is 294 g/mol. The molecule has 0 radical (unpaired) electrons. The highest BCUT2D eigenvalue weighted by Gasteiger charge is 2.31. The lowest BCUT2D eigenvalue weighted by molar-refractivity contribution is -0.117. The number of ether oxygens (including phenoxy) is 1. The summed E-state index contributed by atoms with van der Waals surface area (Å²) in [6.45, 7) is 5.77. The molecule has 1 fully saturated rings. The number of amides is 3. The Balaban J connectivity index is 1.88. The molecular formula is C17H25N3O3. The number of nitrogens with one attached hydrogen (secondary N) is 2. The number of carbonyl (C=O) groups excluding carboxylic acids is 2. The average molecular weight is 319 g/mol. The van der Waals surface area contributed by atoms with Gasteiger partial charge < -0.3 is 20.3 Å². The van der Waals surface area contributed by atoms with E-state index in [1.165, 1.54) is 0 Å². The van der Waals surface area contributed by atoms with Crippen LogP contribution in [0.4, 0.5) is 10.5 Å². The first-order valence-electron chi connectivity index (χ1n) is 8.21. The van der Waals surface area contributed by atoms with Crippen molar-refractivity contribution in [3.63, 3.8) is 0 Å². The number of rotatable bonds is 7. The zero-order valence-electron chi connectivity index (χ0n) is 13.8. The molecule has 1 aromatic carbocycles. The smallest absolute Gasteiger partial charge is 0.315 e. The fourth-order valence-electron chi connectivity index (χ4n) is 2.56. The van der Waals surface area contributed by atoms with Crippen molar-refractivity contribution in [2.45, 2.75) is 39.2 Å². The number of anilines is 1. The third kappa shape index (κ3) is 4.87. The van der Waals surface area contributed by atoms with Gasteiger partial charge >= 0.3 is 6.03 Å². The van der Waals surface area contributed by atoms with Crippen LogP contribution in [0.25, 0.3) is 0 Å². The van der Waals surface area contributed by atoms with E-state index >= 15 is 0 Å². The van der Waals surface area contributed by atoms with Crippen molar-refractivity contribution in [3.05, 3.63) is 24.3 Å². The molecule has 1 aliphatic rings. The number of benzene rings is 1. The second-order valence-corrected chi connectivity index (χ2v) is 5.59. The predicted molar refractivity (Wildman–Crippen MR) is 89.8 cm³/mol. The average Bonchev–Trinajstić information content (AvgIpc) is 2.89. The summed E-state index contributed by atoms with van der Waals surface area (Å²) in [7, 11) is 0. The fraction of sp³-hybridized carbons (Fsp3) is 0.529. The Bertz CT molecular complexity index is 530. The normalized spacial score (nSPS) is 17.2. The molecule has 0 saturated carbocycles. The second-order valence-electron chi connectivity index (χ2n) is 5.59. The van der Waals surface area contributed by atoms with Crippen LogP contribution in [0.3, 0.4) is 0 Å². The Labute approximate surface area is 137 Å². The van der Waals surface area contributed by atoms with Crippen LogP contribution in [0.15, 0.2) is 24.3 Å². The van der Waals surface area contributed by atoms with E-state index in [2.05, 4.69) is 17.6 Å². The maximum Gasteiger partial charge on any atom is 0.315 e. The number of hydrogen-bond donors (Lipinski definition) is 2. The van der Waals surface area contributed by atoms with Gasteiger partial charge in [-0.3, -0.25) is 4.79 Å². The predicted octanol–water partition coefficient (Wildman–Crippen LogP) is 2.29. The highest BCUT2D eigenvalue weighted by molar-refractivity contribution is 5.96. The lowest BCUT2D eigenvalue weighted by atomic mass is 10.2. The molecule has 2 N–H and O–H groups in total. The minimum atomic E-state index is -0.204. The van der Waals surface area contributed by atoms with E-state index in [1.54, 1.807) is 4.90 Å². The van der Waals surface area contributed by atoms with E-state index < -0.39 is 0 Å². The van der Waals surface area contributed by atoms with Crippen molar-refractivity contribution < 1.29 is 14.3 Å². The molecule has 3 amide bonds. The summed E-state index contributed by atoms with van der Waals surface area (Å²) in [6.07, 6.45) is 2.32. The molecule has 0 bridgehead atoms. The summed E-state index contributed by atoms with van der Waals surface area (Å²) in [5.74, 6) is 0.806. The fourth-order valence-corrected chi connectivity index (χ4v) is 2.56. The molecule has 1 unspecified atom stereocenters. The van der Waals surface area contributed by atoms with Gasteiger partial charge in [-0.25, -0.2) is 4.79 Å². The van der Waals surface area contributed by atoms with Gasteiger partial charge in [0.05, 0.1) is 12.6 Å². The first-order chi connectivity index (χ1) is 11.1. The van der Waals surface area contributed by atoms with Crippen LogP contribution >= 0.6 is 0 Å². The lowest BCUT2D eigenvalue weighted by Gasteiger charge is -2.18. The second kappa shape index (κ2) is 8.41. The monoisotopic (exact) mass is 319 g/mol. The highest BCUT2D eigenvalue weighted by Crippen LogP contribution is 2.24. The lowest BCUT2D eigenvalue weighted by Crippen LogP contribution is -2.43. The van der Waals surface area contributed by atoms with Crippen LogP contribution in [0.1, 0.15) is 33.1 Å². The maximum atomic E-state index is 12.2. The number of urea groups is 1. The quantitative estimate of drug-likeness (QED) is 0.758. The molecule has 1 saturated heterocycles.